The van der Waals surface area contributed by atoms with E-state index in [0.29, 0.717) is 11.0 Å². The van der Waals surface area contributed by atoms with Gasteiger partial charge in [0.2, 0.25) is 0 Å². The number of carboxylic acids is 1. The normalized spacial score (nSPS) is 11.0. The molecule has 0 atom stereocenters. The molecule has 1 aromatic heterocycles. The third-order valence-corrected chi connectivity index (χ3v) is 3.77. The molecule has 21 heavy (non-hydrogen) atoms. The highest BCUT2D eigenvalue weighted by atomic mass is 16.4. The number of carbonyl (C=O) groups is 1. The fraction of sp³-hybridized carbons (Fsp3) is 0.125. The molecule has 0 radical (unpaired) electrons. The molecule has 106 valence electrons. The maximum Gasteiger partial charge on any atom is 0.337 e. The van der Waals surface area contributed by atoms with Gasteiger partial charge in [0, 0.05) is 0 Å². The van der Waals surface area contributed by atoms with Crippen molar-refractivity contribution in [2.24, 2.45) is 0 Å². The number of hydrogen-bond donors (Lipinski definition) is 2. The van der Waals surface area contributed by atoms with Crippen LogP contribution >= 0.6 is 0 Å². The standard InChI is InChI=1S/C16H14N2O3/c1-9-5-3-7-12(10(9)2)18-13-8-4-6-11(15(19)20)14(13)17-16(18)21/h3-8H,1-2H3,(H,17,21)(H,19,20). The lowest BCUT2D eigenvalue weighted by atomic mass is 10.1. The summed E-state index contributed by atoms with van der Waals surface area (Å²) in [5.41, 5.74) is 3.48. The number of aromatic amines is 1. The number of nitrogens with zero attached hydrogens (tertiary/aromatic N) is 1. The van der Waals surface area contributed by atoms with E-state index >= 15 is 0 Å². The van der Waals surface area contributed by atoms with Crippen molar-refractivity contribution in [1.82, 2.24) is 9.55 Å². The smallest absolute Gasteiger partial charge is 0.337 e. The van der Waals surface area contributed by atoms with Crippen LogP contribution in [0.2, 0.25) is 0 Å². The maximum absolute atomic E-state index is 12.3. The number of nitrogens with one attached hydrogen (secondary N) is 1. The molecule has 3 rings (SSSR count). The van der Waals surface area contributed by atoms with E-state index < -0.39 is 5.97 Å². The largest absolute Gasteiger partial charge is 0.478 e. The summed E-state index contributed by atoms with van der Waals surface area (Å²) in [6, 6.07) is 10.6. The van der Waals surface area contributed by atoms with Gasteiger partial charge in [0.05, 0.1) is 22.3 Å². The molecule has 0 saturated carbocycles. The summed E-state index contributed by atoms with van der Waals surface area (Å²) >= 11 is 0. The minimum absolute atomic E-state index is 0.0913. The Hall–Kier alpha value is -2.82. The number of aromatic carboxylic acids is 1. The Labute approximate surface area is 120 Å². The molecule has 0 aliphatic carbocycles. The first-order valence-electron chi connectivity index (χ1n) is 6.54. The lowest BCUT2D eigenvalue weighted by Gasteiger charge is -2.09. The monoisotopic (exact) mass is 282 g/mol. The van der Waals surface area contributed by atoms with Gasteiger partial charge in [-0.15, -0.1) is 0 Å². The van der Waals surface area contributed by atoms with Gasteiger partial charge in [-0.3, -0.25) is 4.57 Å². The molecule has 0 amide bonds. The number of rotatable bonds is 2. The highest BCUT2D eigenvalue weighted by Gasteiger charge is 2.16. The molecule has 0 aliphatic heterocycles. The van der Waals surface area contributed by atoms with Crippen LogP contribution in [0.15, 0.2) is 41.2 Å². The molecule has 0 fully saturated rings. The Morgan fingerprint density at radius 2 is 1.86 bits per heavy atom. The highest BCUT2D eigenvalue weighted by Crippen LogP contribution is 2.22. The molecule has 0 bridgehead atoms. The third-order valence-electron chi connectivity index (χ3n) is 3.77. The lowest BCUT2D eigenvalue weighted by molar-refractivity contribution is 0.0699. The average Bonchev–Trinajstić information content (AvgIpc) is 2.77. The van der Waals surface area contributed by atoms with Crippen molar-refractivity contribution in [3.05, 3.63) is 63.6 Å². The number of fused-ring (bicyclic) bond motifs is 1. The second-order valence-corrected chi connectivity index (χ2v) is 4.99. The SMILES string of the molecule is Cc1cccc(-n2c(=O)[nH]c3c(C(=O)O)cccc32)c1C. The first-order valence-corrected chi connectivity index (χ1v) is 6.54. The molecule has 0 saturated heterocycles. The number of hydrogen-bond acceptors (Lipinski definition) is 2. The quantitative estimate of drug-likeness (QED) is 0.758. The number of imidazole rings is 1. The summed E-state index contributed by atoms with van der Waals surface area (Å²) in [6.07, 6.45) is 0. The zero-order chi connectivity index (χ0) is 15.1. The lowest BCUT2D eigenvalue weighted by Crippen LogP contribution is -2.15. The molecular formula is C16H14N2O3. The topological polar surface area (TPSA) is 75.1 Å². The van der Waals surface area contributed by atoms with Crippen LogP contribution in [-0.4, -0.2) is 20.6 Å². The van der Waals surface area contributed by atoms with Crippen LogP contribution in [-0.2, 0) is 0 Å². The molecule has 0 unspecified atom stereocenters. The van der Waals surface area contributed by atoms with Crippen LogP contribution in [0, 0.1) is 13.8 Å². The molecule has 2 N–H and O–H groups in total. The van der Waals surface area contributed by atoms with E-state index in [0.717, 1.165) is 16.8 Å². The third kappa shape index (κ3) is 1.94. The van der Waals surface area contributed by atoms with Gasteiger partial charge in [-0.05, 0) is 43.2 Å². The van der Waals surface area contributed by atoms with E-state index in [1.165, 1.54) is 10.6 Å². The molecule has 5 heteroatoms. The van der Waals surface area contributed by atoms with E-state index in [4.69, 9.17) is 0 Å². The molecule has 1 heterocycles. The van der Waals surface area contributed by atoms with Crippen LogP contribution in [0.25, 0.3) is 16.7 Å². The van der Waals surface area contributed by atoms with Gasteiger partial charge in [-0.1, -0.05) is 18.2 Å². The number of aromatic nitrogens is 2. The van der Waals surface area contributed by atoms with Crippen molar-refractivity contribution in [2.75, 3.05) is 0 Å². The summed E-state index contributed by atoms with van der Waals surface area (Å²) in [5, 5.41) is 9.22. The summed E-state index contributed by atoms with van der Waals surface area (Å²) in [6.45, 7) is 3.92. The second kappa shape index (κ2) is 4.63. The van der Waals surface area contributed by atoms with E-state index in [9.17, 15) is 14.7 Å². The summed E-state index contributed by atoms with van der Waals surface area (Å²) in [4.78, 5) is 26.2. The zero-order valence-corrected chi connectivity index (χ0v) is 11.7. The number of aryl methyl sites for hydroxylation is 1. The van der Waals surface area contributed by atoms with Gasteiger partial charge in [0.1, 0.15) is 0 Å². The molecule has 2 aromatic carbocycles. The van der Waals surface area contributed by atoms with Gasteiger partial charge < -0.3 is 10.1 Å². The van der Waals surface area contributed by atoms with Gasteiger partial charge in [0.25, 0.3) is 0 Å². The molecule has 3 aromatic rings. The second-order valence-electron chi connectivity index (χ2n) is 4.99. The molecule has 0 spiro atoms. The van der Waals surface area contributed by atoms with Crippen molar-refractivity contribution in [2.45, 2.75) is 13.8 Å². The Bertz CT molecular complexity index is 919. The number of benzene rings is 2. The Morgan fingerprint density at radius 1 is 1.14 bits per heavy atom. The fourth-order valence-corrected chi connectivity index (χ4v) is 2.53. The Balaban J connectivity index is 2.42. The van der Waals surface area contributed by atoms with Gasteiger partial charge >= 0.3 is 11.7 Å². The zero-order valence-electron chi connectivity index (χ0n) is 11.7. The van der Waals surface area contributed by atoms with Crippen molar-refractivity contribution in [3.8, 4) is 5.69 Å². The average molecular weight is 282 g/mol. The molecular weight excluding hydrogens is 268 g/mol. The van der Waals surface area contributed by atoms with E-state index in [-0.39, 0.29) is 11.3 Å². The predicted octanol–water partition coefficient (Wildman–Crippen LogP) is 2.63. The predicted molar refractivity (Wildman–Crippen MR) is 80.3 cm³/mol. The first-order chi connectivity index (χ1) is 10.0. The summed E-state index contributed by atoms with van der Waals surface area (Å²) in [5.74, 6) is -1.06. The summed E-state index contributed by atoms with van der Waals surface area (Å²) < 4.78 is 1.52. The van der Waals surface area contributed by atoms with Crippen LogP contribution in [0.4, 0.5) is 0 Å². The van der Waals surface area contributed by atoms with Crippen molar-refractivity contribution >= 4 is 17.0 Å². The highest BCUT2D eigenvalue weighted by molar-refractivity contribution is 6.01. The Morgan fingerprint density at radius 3 is 2.57 bits per heavy atom. The van der Waals surface area contributed by atoms with Crippen molar-refractivity contribution in [3.63, 3.8) is 0 Å². The van der Waals surface area contributed by atoms with Crippen LogP contribution in [0.5, 0.6) is 0 Å². The van der Waals surface area contributed by atoms with Gasteiger partial charge in [0.15, 0.2) is 0 Å². The number of para-hydroxylation sites is 1. The van der Waals surface area contributed by atoms with E-state index in [2.05, 4.69) is 4.98 Å². The van der Waals surface area contributed by atoms with Crippen LogP contribution in [0.1, 0.15) is 21.5 Å². The van der Waals surface area contributed by atoms with Gasteiger partial charge in [-0.2, -0.15) is 0 Å². The number of carboxylic acid groups (broad SMARTS) is 1. The maximum atomic E-state index is 12.3. The number of H-pyrrole nitrogens is 1. The van der Waals surface area contributed by atoms with E-state index in [1.807, 2.05) is 32.0 Å². The van der Waals surface area contributed by atoms with Crippen LogP contribution in [0.3, 0.4) is 0 Å². The minimum atomic E-state index is -1.06. The molecule has 0 aliphatic rings. The fourth-order valence-electron chi connectivity index (χ4n) is 2.53. The van der Waals surface area contributed by atoms with E-state index in [1.54, 1.807) is 12.1 Å². The van der Waals surface area contributed by atoms with Gasteiger partial charge in [-0.25, -0.2) is 9.59 Å². The van der Waals surface area contributed by atoms with Crippen molar-refractivity contribution < 1.29 is 9.90 Å². The molecule has 5 nitrogen and oxygen atoms in total. The van der Waals surface area contributed by atoms with Crippen LogP contribution < -0.4 is 5.69 Å². The Kier molecular flexibility index (Phi) is 2.90. The van der Waals surface area contributed by atoms with Crippen molar-refractivity contribution in [1.29, 1.82) is 0 Å². The minimum Gasteiger partial charge on any atom is -0.478 e. The summed E-state index contributed by atoms with van der Waals surface area (Å²) in [7, 11) is 0. The first kappa shape index (κ1) is 13.2.